The van der Waals surface area contributed by atoms with Gasteiger partial charge in [0.25, 0.3) is 0 Å². The Morgan fingerprint density at radius 1 is 1.40 bits per heavy atom. The summed E-state index contributed by atoms with van der Waals surface area (Å²) in [7, 11) is 0. The van der Waals surface area contributed by atoms with Gasteiger partial charge in [-0.25, -0.2) is 9.18 Å². The number of nitrogens with zero attached hydrogens (tertiary/aromatic N) is 2. The van der Waals surface area contributed by atoms with Crippen LogP contribution in [0.5, 0.6) is 0 Å². The third-order valence-corrected chi connectivity index (χ3v) is 3.39. The fraction of sp³-hybridized carbons (Fsp3) is 0.286. The summed E-state index contributed by atoms with van der Waals surface area (Å²) in [6.45, 7) is 0.280. The minimum Gasteiger partial charge on any atom is -0.351 e. The monoisotopic (exact) mass is 274 g/mol. The number of halogens is 1. The van der Waals surface area contributed by atoms with Gasteiger partial charge in [-0.05, 0) is 30.5 Å². The van der Waals surface area contributed by atoms with Crippen LogP contribution in [0.4, 0.5) is 15.0 Å². The zero-order valence-electron chi connectivity index (χ0n) is 10.8. The number of carbonyl (C=O) groups excluding carboxylic acids is 1. The number of anilines is 1. The summed E-state index contributed by atoms with van der Waals surface area (Å²) in [5.41, 5.74) is 7.17. The Kier molecular flexibility index (Phi) is 3.14. The van der Waals surface area contributed by atoms with Crippen LogP contribution in [0.1, 0.15) is 30.0 Å². The molecule has 1 aliphatic carbocycles. The molecule has 1 heterocycles. The molecule has 1 fully saturated rings. The Morgan fingerprint density at radius 2 is 2.10 bits per heavy atom. The largest absolute Gasteiger partial charge is 0.351 e. The predicted molar refractivity (Wildman–Crippen MR) is 72.7 cm³/mol. The predicted octanol–water partition coefficient (Wildman–Crippen LogP) is 2.51. The van der Waals surface area contributed by atoms with Crippen LogP contribution in [-0.2, 0) is 6.54 Å². The van der Waals surface area contributed by atoms with E-state index in [0.717, 1.165) is 24.1 Å². The first-order valence-corrected chi connectivity index (χ1v) is 6.50. The number of hydrogen-bond donors (Lipinski definition) is 2. The lowest BCUT2D eigenvalue weighted by Gasteiger charge is -2.18. The summed E-state index contributed by atoms with van der Waals surface area (Å²) >= 11 is 0. The summed E-state index contributed by atoms with van der Waals surface area (Å²) in [4.78, 5) is 13.0. The number of nitrogens with two attached hydrogens (primary N) is 1. The first-order valence-electron chi connectivity index (χ1n) is 6.50. The normalized spacial score (nSPS) is 14.2. The number of benzene rings is 1. The number of aromatic nitrogens is 2. The van der Waals surface area contributed by atoms with Gasteiger partial charge in [0.2, 0.25) is 0 Å². The van der Waals surface area contributed by atoms with Crippen LogP contribution < -0.4 is 10.6 Å². The highest BCUT2D eigenvalue weighted by Gasteiger charge is 2.27. The standard InChI is InChI=1S/C14H15FN4O/c15-11-5-1-9(2-6-11)8-19(14(16)20)13-7-12(17-18-13)10-3-4-10/h1-2,5-7,10H,3-4,8H2,(H2,16,20)(H,17,18). The van der Waals surface area contributed by atoms with Gasteiger partial charge in [0.1, 0.15) is 11.6 Å². The summed E-state index contributed by atoms with van der Waals surface area (Å²) in [6, 6.07) is 7.26. The van der Waals surface area contributed by atoms with Gasteiger partial charge in [-0.3, -0.25) is 10.00 Å². The number of H-pyrrole nitrogens is 1. The zero-order valence-corrected chi connectivity index (χ0v) is 10.8. The Bertz CT molecular complexity index is 618. The van der Waals surface area contributed by atoms with Gasteiger partial charge >= 0.3 is 6.03 Å². The number of aromatic amines is 1. The summed E-state index contributed by atoms with van der Waals surface area (Å²) in [5.74, 6) is 0.765. The van der Waals surface area contributed by atoms with Crippen molar-refractivity contribution in [2.24, 2.45) is 5.73 Å². The molecule has 6 heteroatoms. The van der Waals surface area contributed by atoms with Crippen LogP contribution in [0.25, 0.3) is 0 Å². The summed E-state index contributed by atoms with van der Waals surface area (Å²) < 4.78 is 12.9. The lowest BCUT2D eigenvalue weighted by Crippen LogP contribution is -2.35. The van der Waals surface area contributed by atoms with Gasteiger partial charge < -0.3 is 5.73 Å². The van der Waals surface area contributed by atoms with E-state index in [-0.39, 0.29) is 12.4 Å². The molecule has 20 heavy (non-hydrogen) atoms. The van der Waals surface area contributed by atoms with Gasteiger partial charge in [-0.15, -0.1) is 0 Å². The highest BCUT2D eigenvalue weighted by atomic mass is 19.1. The number of urea groups is 1. The first kappa shape index (κ1) is 12.7. The molecule has 0 atom stereocenters. The molecule has 3 N–H and O–H groups in total. The van der Waals surface area contributed by atoms with E-state index >= 15 is 0 Å². The smallest absolute Gasteiger partial charge is 0.320 e. The molecule has 1 saturated carbocycles. The Labute approximate surface area is 115 Å². The number of nitrogens with one attached hydrogen (secondary N) is 1. The zero-order chi connectivity index (χ0) is 14.1. The second-order valence-electron chi connectivity index (χ2n) is 5.00. The van der Waals surface area contributed by atoms with Crippen LogP contribution in [0.3, 0.4) is 0 Å². The van der Waals surface area contributed by atoms with E-state index in [1.165, 1.54) is 17.0 Å². The van der Waals surface area contributed by atoms with Crippen molar-refractivity contribution in [3.05, 3.63) is 47.4 Å². The van der Waals surface area contributed by atoms with E-state index in [2.05, 4.69) is 10.2 Å². The second kappa shape index (κ2) is 4.96. The van der Waals surface area contributed by atoms with Crippen molar-refractivity contribution in [3.63, 3.8) is 0 Å². The first-order chi connectivity index (χ1) is 9.63. The van der Waals surface area contributed by atoms with Crippen molar-refractivity contribution < 1.29 is 9.18 Å². The fourth-order valence-corrected chi connectivity index (χ4v) is 2.11. The van der Waals surface area contributed by atoms with Gasteiger partial charge in [-0.1, -0.05) is 12.1 Å². The molecule has 0 unspecified atom stereocenters. The fourth-order valence-electron chi connectivity index (χ4n) is 2.11. The van der Waals surface area contributed by atoms with Crippen molar-refractivity contribution in [1.82, 2.24) is 10.2 Å². The molecule has 1 aromatic carbocycles. The Balaban J connectivity index is 1.80. The molecule has 3 rings (SSSR count). The lowest BCUT2D eigenvalue weighted by molar-refractivity contribution is 0.253. The van der Waals surface area contributed by atoms with Crippen LogP contribution in [-0.4, -0.2) is 16.2 Å². The maximum absolute atomic E-state index is 12.9. The molecule has 1 aromatic heterocycles. The number of rotatable bonds is 4. The number of primary amides is 1. The molecular weight excluding hydrogens is 259 g/mol. The van der Waals surface area contributed by atoms with Crippen LogP contribution >= 0.6 is 0 Å². The van der Waals surface area contributed by atoms with Gasteiger partial charge in [0, 0.05) is 12.0 Å². The van der Waals surface area contributed by atoms with Crippen LogP contribution in [0.2, 0.25) is 0 Å². The SMILES string of the molecule is NC(=O)N(Cc1ccc(F)cc1)c1cc(C2CC2)n[nH]1. The molecular formula is C14H15FN4O. The van der Waals surface area contributed by atoms with E-state index in [9.17, 15) is 9.18 Å². The average molecular weight is 274 g/mol. The maximum Gasteiger partial charge on any atom is 0.320 e. The molecule has 1 aliphatic rings. The van der Waals surface area contributed by atoms with E-state index in [0.29, 0.717) is 11.7 Å². The molecule has 0 aliphatic heterocycles. The quantitative estimate of drug-likeness (QED) is 0.898. The van der Waals surface area contributed by atoms with E-state index < -0.39 is 6.03 Å². The van der Waals surface area contributed by atoms with Crippen molar-refractivity contribution in [3.8, 4) is 0 Å². The maximum atomic E-state index is 12.9. The molecule has 104 valence electrons. The van der Waals surface area contributed by atoms with Crippen molar-refractivity contribution >= 4 is 11.8 Å². The topological polar surface area (TPSA) is 75.0 Å². The average Bonchev–Trinajstić information content (AvgIpc) is 3.16. The molecule has 5 nitrogen and oxygen atoms in total. The minimum absolute atomic E-state index is 0.280. The Hall–Kier alpha value is -2.37. The van der Waals surface area contributed by atoms with E-state index in [1.807, 2.05) is 6.07 Å². The lowest BCUT2D eigenvalue weighted by atomic mass is 10.2. The summed E-state index contributed by atoms with van der Waals surface area (Å²) in [5, 5.41) is 7.04. The highest BCUT2D eigenvalue weighted by molar-refractivity contribution is 5.89. The second-order valence-corrected chi connectivity index (χ2v) is 5.00. The van der Waals surface area contributed by atoms with Crippen LogP contribution in [0, 0.1) is 5.82 Å². The highest BCUT2D eigenvalue weighted by Crippen LogP contribution is 2.39. The van der Waals surface area contributed by atoms with Crippen molar-refractivity contribution in [1.29, 1.82) is 0 Å². The van der Waals surface area contributed by atoms with Gasteiger partial charge in [-0.2, -0.15) is 5.10 Å². The van der Waals surface area contributed by atoms with E-state index in [4.69, 9.17) is 5.73 Å². The third-order valence-electron chi connectivity index (χ3n) is 3.39. The van der Waals surface area contributed by atoms with Gasteiger partial charge in [0.05, 0.1) is 12.2 Å². The minimum atomic E-state index is -0.569. The number of amides is 2. The number of hydrogen-bond acceptors (Lipinski definition) is 2. The third kappa shape index (κ3) is 2.64. The molecule has 0 bridgehead atoms. The van der Waals surface area contributed by atoms with Crippen molar-refractivity contribution in [2.75, 3.05) is 4.90 Å². The molecule has 0 radical (unpaired) electrons. The molecule has 0 saturated heterocycles. The Morgan fingerprint density at radius 3 is 2.70 bits per heavy atom. The van der Waals surface area contributed by atoms with Gasteiger partial charge in [0.15, 0.2) is 0 Å². The summed E-state index contributed by atoms with van der Waals surface area (Å²) in [6.07, 6.45) is 2.28. The van der Waals surface area contributed by atoms with E-state index in [1.54, 1.807) is 12.1 Å². The molecule has 0 spiro atoms. The molecule has 2 amide bonds. The van der Waals surface area contributed by atoms with Crippen molar-refractivity contribution in [2.45, 2.75) is 25.3 Å². The van der Waals surface area contributed by atoms with Crippen LogP contribution in [0.15, 0.2) is 30.3 Å². The number of carbonyl (C=O) groups is 1. The molecule has 2 aromatic rings.